The Morgan fingerprint density at radius 1 is 1.36 bits per heavy atom. The molecule has 0 bridgehead atoms. The molecule has 0 aliphatic rings. The molecule has 1 N–H and O–H groups in total. The molecule has 6 heteroatoms. The molecule has 1 aromatic carbocycles. The summed E-state index contributed by atoms with van der Waals surface area (Å²) in [6.45, 7) is 6.19. The van der Waals surface area contributed by atoms with Gasteiger partial charge in [-0.2, -0.15) is 0 Å². The maximum Gasteiger partial charge on any atom is 0.337 e. The molecule has 118 valence electrons. The lowest BCUT2D eigenvalue weighted by Gasteiger charge is -2.16. The summed E-state index contributed by atoms with van der Waals surface area (Å²) in [5, 5.41) is 7.14. The van der Waals surface area contributed by atoms with E-state index in [1.165, 1.54) is 7.11 Å². The topological polar surface area (TPSA) is 73.6 Å². The van der Waals surface area contributed by atoms with E-state index in [9.17, 15) is 4.79 Å². The van der Waals surface area contributed by atoms with Gasteiger partial charge in [0.15, 0.2) is 0 Å². The summed E-state index contributed by atoms with van der Waals surface area (Å²) in [6.07, 6.45) is 0.0267. The number of carbonyl (C=O) groups is 1. The van der Waals surface area contributed by atoms with Gasteiger partial charge < -0.3 is 19.3 Å². The number of nitrogens with one attached hydrogen (secondary N) is 1. The number of hydrogen-bond donors (Lipinski definition) is 1. The molecular formula is C16H20N2O4. The Hall–Kier alpha value is -2.50. The average Bonchev–Trinajstić information content (AvgIpc) is 2.90. The molecule has 2 aromatic rings. The quantitative estimate of drug-likeness (QED) is 0.826. The predicted octanol–water partition coefficient (Wildman–Crippen LogP) is 3.17. The molecule has 0 radical (unpaired) electrons. The van der Waals surface area contributed by atoms with Crippen LogP contribution in [0.25, 0.3) is 0 Å². The van der Waals surface area contributed by atoms with Gasteiger partial charge >= 0.3 is 5.97 Å². The van der Waals surface area contributed by atoms with Gasteiger partial charge in [-0.1, -0.05) is 5.16 Å². The molecule has 0 aliphatic carbocycles. The zero-order valence-electron chi connectivity index (χ0n) is 13.2. The molecule has 0 fully saturated rings. The molecule has 0 atom stereocenters. The maximum absolute atomic E-state index is 11.7. The highest BCUT2D eigenvalue weighted by molar-refractivity contribution is 5.91. The van der Waals surface area contributed by atoms with Crippen LogP contribution in [0.3, 0.4) is 0 Å². The van der Waals surface area contributed by atoms with E-state index in [1.807, 2.05) is 26.8 Å². The van der Waals surface area contributed by atoms with Crippen LogP contribution in [0, 0.1) is 6.92 Å². The lowest BCUT2D eigenvalue weighted by Crippen LogP contribution is -2.10. The van der Waals surface area contributed by atoms with Crippen LogP contribution in [0.2, 0.25) is 0 Å². The monoisotopic (exact) mass is 304 g/mol. The van der Waals surface area contributed by atoms with Crippen LogP contribution in [0.1, 0.15) is 35.7 Å². The van der Waals surface area contributed by atoms with E-state index in [-0.39, 0.29) is 6.10 Å². The van der Waals surface area contributed by atoms with Crippen molar-refractivity contribution in [3.63, 3.8) is 0 Å². The maximum atomic E-state index is 11.7. The summed E-state index contributed by atoms with van der Waals surface area (Å²) < 4.78 is 15.5. The zero-order chi connectivity index (χ0) is 16.1. The number of ether oxygens (including phenoxy) is 2. The smallest absolute Gasteiger partial charge is 0.337 e. The van der Waals surface area contributed by atoms with Crippen LogP contribution in [-0.2, 0) is 11.3 Å². The van der Waals surface area contributed by atoms with Gasteiger partial charge in [0, 0.05) is 6.07 Å². The van der Waals surface area contributed by atoms with Crippen molar-refractivity contribution in [3.05, 3.63) is 41.3 Å². The van der Waals surface area contributed by atoms with Crippen molar-refractivity contribution in [2.45, 2.75) is 33.4 Å². The summed E-state index contributed by atoms with van der Waals surface area (Å²) >= 11 is 0. The van der Waals surface area contributed by atoms with E-state index in [1.54, 1.807) is 18.2 Å². The van der Waals surface area contributed by atoms with E-state index in [0.717, 1.165) is 11.5 Å². The number of aryl methyl sites for hydroxylation is 1. The molecule has 0 saturated heterocycles. The Kier molecular flexibility index (Phi) is 5.04. The SMILES string of the molecule is COC(=O)c1ccc(OC(C)C)c(NCc2cc(C)on2)c1. The Bertz CT molecular complexity index is 649. The first-order valence-electron chi connectivity index (χ1n) is 7.04. The number of carbonyl (C=O) groups excluding carboxylic acids is 1. The van der Waals surface area contributed by atoms with Gasteiger partial charge in [0.1, 0.15) is 17.2 Å². The van der Waals surface area contributed by atoms with Gasteiger partial charge in [0.2, 0.25) is 0 Å². The summed E-state index contributed by atoms with van der Waals surface area (Å²) in [5.41, 5.74) is 1.94. The third-order valence-electron chi connectivity index (χ3n) is 2.90. The highest BCUT2D eigenvalue weighted by Gasteiger charge is 2.12. The van der Waals surface area contributed by atoms with Crippen LogP contribution in [0.15, 0.2) is 28.8 Å². The first kappa shape index (κ1) is 15.9. The Morgan fingerprint density at radius 2 is 2.14 bits per heavy atom. The summed E-state index contributed by atoms with van der Waals surface area (Å²) in [4.78, 5) is 11.7. The molecular weight excluding hydrogens is 284 g/mol. The van der Waals surface area contributed by atoms with Crippen LogP contribution in [0.5, 0.6) is 5.75 Å². The molecule has 0 spiro atoms. The number of benzene rings is 1. The van der Waals surface area contributed by atoms with Gasteiger partial charge in [0.25, 0.3) is 0 Å². The molecule has 2 rings (SSSR count). The molecule has 0 amide bonds. The number of esters is 1. The molecule has 1 aromatic heterocycles. The van der Waals surface area contributed by atoms with Crippen LogP contribution in [0.4, 0.5) is 5.69 Å². The van der Waals surface area contributed by atoms with Crippen molar-refractivity contribution in [3.8, 4) is 5.75 Å². The van der Waals surface area contributed by atoms with E-state index in [4.69, 9.17) is 14.0 Å². The van der Waals surface area contributed by atoms with Crippen molar-refractivity contribution in [1.29, 1.82) is 0 Å². The second kappa shape index (κ2) is 6.98. The minimum Gasteiger partial charge on any atom is -0.489 e. The van der Waals surface area contributed by atoms with Crippen LogP contribution < -0.4 is 10.1 Å². The highest BCUT2D eigenvalue weighted by atomic mass is 16.5. The summed E-state index contributed by atoms with van der Waals surface area (Å²) in [7, 11) is 1.35. The molecule has 0 saturated carbocycles. The Morgan fingerprint density at radius 3 is 2.73 bits per heavy atom. The number of aromatic nitrogens is 1. The fourth-order valence-electron chi connectivity index (χ4n) is 1.96. The second-order valence-electron chi connectivity index (χ2n) is 5.15. The standard InChI is InChI=1S/C16H20N2O4/c1-10(2)21-15-6-5-12(16(19)20-4)8-14(15)17-9-13-7-11(3)22-18-13/h5-8,10,17H,9H2,1-4H3. The fourth-order valence-corrected chi connectivity index (χ4v) is 1.96. The van der Waals surface area contributed by atoms with Crippen molar-refractivity contribution in [2.75, 3.05) is 12.4 Å². The van der Waals surface area contributed by atoms with Gasteiger partial charge in [-0.15, -0.1) is 0 Å². The molecule has 0 aliphatic heterocycles. The lowest BCUT2D eigenvalue weighted by molar-refractivity contribution is 0.0600. The van der Waals surface area contributed by atoms with E-state index in [0.29, 0.717) is 23.5 Å². The van der Waals surface area contributed by atoms with Gasteiger partial charge in [0.05, 0.1) is 31.0 Å². The molecule has 1 heterocycles. The lowest BCUT2D eigenvalue weighted by atomic mass is 10.2. The van der Waals surface area contributed by atoms with Crippen molar-refractivity contribution in [1.82, 2.24) is 5.16 Å². The van der Waals surface area contributed by atoms with E-state index < -0.39 is 5.97 Å². The number of methoxy groups -OCH3 is 1. The Balaban J connectivity index is 2.21. The third kappa shape index (κ3) is 4.00. The van der Waals surface area contributed by atoms with Crippen molar-refractivity contribution < 1.29 is 18.8 Å². The molecule has 0 unspecified atom stereocenters. The number of rotatable bonds is 6. The zero-order valence-corrected chi connectivity index (χ0v) is 13.2. The normalized spacial score (nSPS) is 10.6. The first-order chi connectivity index (χ1) is 10.5. The number of anilines is 1. The minimum atomic E-state index is -0.392. The number of hydrogen-bond acceptors (Lipinski definition) is 6. The van der Waals surface area contributed by atoms with Crippen LogP contribution in [-0.4, -0.2) is 24.3 Å². The van der Waals surface area contributed by atoms with Crippen LogP contribution >= 0.6 is 0 Å². The Labute approximate surface area is 129 Å². The first-order valence-corrected chi connectivity index (χ1v) is 7.04. The van der Waals surface area contributed by atoms with Crippen molar-refractivity contribution in [2.24, 2.45) is 0 Å². The summed E-state index contributed by atoms with van der Waals surface area (Å²) in [6, 6.07) is 6.98. The van der Waals surface area contributed by atoms with Crippen molar-refractivity contribution >= 4 is 11.7 Å². The average molecular weight is 304 g/mol. The highest BCUT2D eigenvalue weighted by Crippen LogP contribution is 2.27. The summed E-state index contributed by atoms with van der Waals surface area (Å²) in [5.74, 6) is 1.03. The predicted molar refractivity (Wildman–Crippen MR) is 82.1 cm³/mol. The third-order valence-corrected chi connectivity index (χ3v) is 2.90. The largest absolute Gasteiger partial charge is 0.489 e. The van der Waals surface area contributed by atoms with E-state index >= 15 is 0 Å². The van der Waals surface area contributed by atoms with E-state index in [2.05, 4.69) is 10.5 Å². The van der Waals surface area contributed by atoms with Gasteiger partial charge in [-0.05, 0) is 39.0 Å². The molecule has 6 nitrogen and oxygen atoms in total. The molecule has 22 heavy (non-hydrogen) atoms. The van der Waals surface area contributed by atoms with Gasteiger partial charge in [-0.25, -0.2) is 4.79 Å². The van der Waals surface area contributed by atoms with Gasteiger partial charge in [-0.3, -0.25) is 0 Å². The number of nitrogens with zero attached hydrogens (tertiary/aromatic N) is 1. The minimum absolute atomic E-state index is 0.0267. The fraction of sp³-hybridized carbons (Fsp3) is 0.375. The second-order valence-corrected chi connectivity index (χ2v) is 5.15.